The number of amides is 1. The summed E-state index contributed by atoms with van der Waals surface area (Å²) in [5.74, 6) is 0.642. The first-order valence-corrected chi connectivity index (χ1v) is 8.10. The van der Waals surface area contributed by atoms with Gasteiger partial charge in [0.15, 0.2) is 0 Å². The molecule has 0 aliphatic carbocycles. The van der Waals surface area contributed by atoms with E-state index in [9.17, 15) is 13.6 Å². The molecule has 1 atom stereocenters. The molecule has 0 bridgehead atoms. The first-order valence-electron chi connectivity index (χ1n) is 8.10. The predicted octanol–water partition coefficient (Wildman–Crippen LogP) is 3.25. The van der Waals surface area contributed by atoms with E-state index >= 15 is 0 Å². The van der Waals surface area contributed by atoms with Crippen LogP contribution in [-0.4, -0.2) is 25.6 Å². The van der Waals surface area contributed by atoms with Crippen molar-refractivity contribution < 1.29 is 18.3 Å². The van der Waals surface area contributed by atoms with Crippen LogP contribution in [0.2, 0.25) is 0 Å². The van der Waals surface area contributed by atoms with E-state index in [1.807, 2.05) is 0 Å². The van der Waals surface area contributed by atoms with Crippen LogP contribution in [-0.2, 0) is 4.79 Å². The third kappa shape index (κ3) is 5.78. The smallest absolute Gasteiger partial charge is 0.387 e. The number of para-hydroxylation sites is 1. The Bertz CT molecular complexity index is 505. The van der Waals surface area contributed by atoms with Crippen molar-refractivity contribution in [2.24, 2.45) is 5.92 Å². The number of carbonyl (C=O) groups excluding carboxylic acids is 1. The molecule has 0 radical (unpaired) electrons. The van der Waals surface area contributed by atoms with Gasteiger partial charge in [0.05, 0.1) is 6.04 Å². The Hall–Kier alpha value is -1.69. The van der Waals surface area contributed by atoms with Gasteiger partial charge in [0.25, 0.3) is 0 Å². The van der Waals surface area contributed by atoms with Gasteiger partial charge in [0, 0.05) is 12.0 Å². The van der Waals surface area contributed by atoms with Gasteiger partial charge in [-0.2, -0.15) is 8.78 Å². The van der Waals surface area contributed by atoms with E-state index in [1.54, 1.807) is 25.1 Å². The topological polar surface area (TPSA) is 50.4 Å². The molecule has 1 fully saturated rings. The molecular weight excluding hydrogens is 302 g/mol. The first-order chi connectivity index (χ1) is 11.1. The minimum absolute atomic E-state index is 0.0529. The Morgan fingerprint density at radius 1 is 1.35 bits per heavy atom. The molecule has 4 nitrogen and oxygen atoms in total. The van der Waals surface area contributed by atoms with Crippen molar-refractivity contribution in [1.82, 2.24) is 10.6 Å². The highest BCUT2D eigenvalue weighted by atomic mass is 19.3. The van der Waals surface area contributed by atoms with Gasteiger partial charge in [-0.3, -0.25) is 4.79 Å². The lowest BCUT2D eigenvalue weighted by Gasteiger charge is -2.23. The lowest BCUT2D eigenvalue weighted by molar-refractivity contribution is -0.122. The van der Waals surface area contributed by atoms with Crippen molar-refractivity contribution in [2.45, 2.75) is 45.3 Å². The molecule has 0 spiro atoms. The third-order valence-corrected chi connectivity index (χ3v) is 4.22. The Kier molecular flexibility index (Phi) is 6.77. The zero-order valence-electron chi connectivity index (χ0n) is 13.4. The number of carbonyl (C=O) groups is 1. The highest BCUT2D eigenvalue weighted by Crippen LogP contribution is 2.26. The van der Waals surface area contributed by atoms with Crippen LogP contribution in [0.3, 0.4) is 0 Å². The minimum Gasteiger partial charge on any atom is -0.434 e. The molecule has 1 amide bonds. The maximum atomic E-state index is 12.4. The maximum Gasteiger partial charge on any atom is 0.387 e. The van der Waals surface area contributed by atoms with Crippen LogP contribution in [0.1, 0.15) is 44.2 Å². The van der Waals surface area contributed by atoms with E-state index in [0.717, 1.165) is 32.4 Å². The zero-order chi connectivity index (χ0) is 16.7. The number of hydrogen-bond donors (Lipinski definition) is 2. The van der Waals surface area contributed by atoms with E-state index in [1.165, 1.54) is 6.07 Å². The van der Waals surface area contributed by atoms with Crippen LogP contribution in [0.25, 0.3) is 0 Å². The minimum atomic E-state index is -2.88. The van der Waals surface area contributed by atoms with Crippen molar-refractivity contribution in [2.75, 3.05) is 13.1 Å². The normalized spacial score (nSPS) is 17.0. The number of piperidine rings is 1. The van der Waals surface area contributed by atoms with Gasteiger partial charge in [-0.25, -0.2) is 0 Å². The lowest BCUT2D eigenvalue weighted by atomic mass is 9.93. The maximum absolute atomic E-state index is 12.4. The Labute approximate surface area is 135 Å². The van der Waals surface area contributed by atoms with E-state index < -0.39 is 6.61 Å². The number of alkyl halides is 2. The molecule has 1 saturated heterocycles. The molecule has 1 unspecified atom stereocenters. The summed E-state index contributed by atoms with van der Waals surface area (Å²) < 4.78 is 29.4. The largest absolute Gasteiger partial charge is 0.434 e. The molecule has 1 aromatic carbocycles. The van der Waals surface area contributed by atoms with Gasteiger partial charge < -0.3 is 15.4 Å². The number of halogens is 2. The highest BCUT2D eigenvalue weighted by molar-refractivity contribution is 5.76. The van der Waals surface area contributed by atoms with Gasteiger partial charge in [0.1, 0.15) is 5.75 Å². The lowest BCUT2D eigenvalue weighted by Crippen LogP contribution is -2.30. The molecule has 2 rings (SSSR count). The highest BCUT2D eigenvalue weighted by Gasteiger charge is 2.18. The molecule has 23 heavy (non-hydrogen) atoms. The molecule has 128 valence electrons. The van der Waals surface area contributed by atoms with Crippen LogP contribution in [0.4, 0.5) is 8.78 Å². The zero-order valence-corrected chi connectivity index (χ0v) is 13.4. The molecular formula is C17H24F2N2O2. The molecule has 1 aliphatic heterocycles. The average molecular weight is 326 g/mol. The summed E-state index contributed by atoms with van der Waals surface area (Å²) in [5.41, 5.74) is 0.558. The first kappa shape index (κ1) is 17.7. The van der Waals surface area contributed by atoms with Crippen molar-refractivity contribution in [3.8, 4) is 5.75 Å². The summed E-state index contributed by atoms with van der Waals surface area (Å²) in [7, 11) is 0. The van der Waals surface area contributed by atoms with E-state index in [-0.39, 0.29) is 17.7 Å². The second kappa shape index (κ2) is 8.82. The fraction of sp³-hybridized carbons (Fsp3) is 0.588. The van der Waals surface area contributed by atoms with Crippen LogP contribution in [0.15, 0.2) is 24.3 Å². The summed E-state index contributed by atoms with van der Waals surface area (Å²) in [5, 5.41) is 6.17. The number of nitrogens with one attached hydrogen (secondary N) is 2. The molecule has 6 heteroatoms. The van der Waals surface area contributed by atoms with Crippen LogP contribution >= 0.6 is 0 Å². The van der Waals surface area contributed by atoms with Gasteiger partial charge in [-0.05, 0) is 51.3 Å². The summed E-state index contributed by atoms with van der Waals surface area (Å²) >= 11 is 0. The fourth-order valence-electron chi connectivity index (χ4n) is 2.94. The fourth-order valence-corrected chi connectivity index (χ4v) is 2.94. The molecule has 2 N–H and O–H groups in total. The van der Waals surface area contributed by atoms with E-state index in [2.05, 4.69) is 15.4 Å². The van der Waals surface area contributed by atoms with Crippen LogP contribution in [0.5, 0.6) is 5.75 Å². The summed E-state index contributed by atoms with van der Waals surface area (Å²) in [6.07, 6.45) is 3.55. The predicted molar refractivity (Wildman–Crippen MR) is 84.5 cm³/mol. The molecule has 1 heterocycles. The SMILES string of the molecule is CC(NC(=O)CCC1CCNCC1)c1ccccc1OC(F)F. The molecule has 1 aliphatic rings. The molecule has 1 aromatic rings. The van der Waals surface area contributed by atoms with E-state index in [0.29, 0.717) is 17.9 Å². The van der Waals surface area contributed by atoms with E-state index in [4.69, 9.17) is 0 Å². The quantitative estimate of drug-likeness (QED) is 0.809. The molecule has 0 saturated carbocycles. The Balaban J connectivity index is 1.85. The second-order valence-corrected chi connectivity index (χ2v) is 5.94. The Morgan fingerprint density at radius 3 is 2.74 bits per heavy atom. The van der Waals surface area contributed by atoms with Crippen molar-refractivity contribution in [3.63, 3.8) is 0 Å². The summed E-state index contributed by atoms with van der Waals surface area (Å²) in [4.78, 5) is 12.1. The van der Waals surface area contributed by atoms with Crippen molar-refractivity contribution in [1.29, 1.82) is 0 Å². The van der Waals surface area contributed by atoms with Gasteiger partial charge in [0.2, 0.25) is 5.91 Å². The van der Waals surface area contributed by atoms with Crippen LogP contribution in [0, 0.1) is 5.92 Å². The second-order valence-electron chi connectivity index (χ2n) is 5.94. The number of rotatable bonds is 7. The third-order valence-electron chi connectivity index (χ3n) is 4.22. The van der Waals surface area contributed by atoms with Gasteiger partial charge in [-0.1, -0.05) is 18.2 Å². The monoisotopic (exact) mass is 326 g/mol. The summed E-state index contributed by atoms with van der Waals surface area (Å²) in [6, 6.07) is 6.18. The average Bonchev–Trinajstić information content (AvgIpc) is 2.54. The number of ether oxygens (including phenoxy) is 1. The standard InChI is InChI=1S/C17H24F2N2O2/c1-12(14-4-2-3-5-15(14)23-17(18)19)21-16(22)7-6-13-8-10-20-11-9-13/h2-5,12-13,17,20H,6-11H2,1H3,(H,21,22). The van der Waals surface area contributed by atoms with Gasteiger partial charge in [-0.15, -0.1) is 0 Å². The van der Waals surface area contributed by atoms with Crippen LogP contribution < -0.4 is 15.4 Å². The van der Waals surface area contributed by atoms with Gasteiger partial charge >= 0.3 is 6.61 Å². The number of benzene rings is 1. The molecule has 0 aromatic heterocycles. The van der Waals surface area contributed by atoms with Crippen molar-refractivity contribution >= 4 is 5.91 Å². The summed E-state index contributed by atoms with van der Waals surface area (Å²) in [6.45, 7) is 0.928. The van der Waals surface area contributed by atoms with Crippen molar-refractivity contribution in [3.05, 3.63) is 29.8 Å². The number of hydrogen-bond acceptors (Lipinski definition) is 3. The Morgan fingerprint density at radius 2 is 2.04 bits per heavy atom.